The summed E-state index contributed by atoms with van der Waals surface area (Å²) in [5.74, 6) is -0.653. The number of benzene rings is 1. The van der Waals surface area contributed by atoms with Crippen LogP contribution in [0, 0.1) is 5.92 Å². The average molecular weight is 554 g/mol. The van der Waals surface area contributed by atoms with Crippen molar-refractivity contribution < 1.29 is 22.8 Å². The Morgan fingerprint density at radius 2 is 1.66 bits per heavy atom. The number of aromatic nitrogens is 1. The minimum atomic E-state index is -4.83. The molecule has 0 aliphatic carbocycles. The Bertz CT molecular complexity index is 1050. The second kappa shape index (κ2) is 13.8. The maximum absolute atomic E-state index is 12.5. The van der Waals surface area contributed by atoms with Gasteiger partial charge < -0.3 is 15.5 Å². The van der Waals surface area contributed by atoms with Gasteiger partial charge in [-0.05, 0) is 80.6 Å². The lowest BCUT2D eigenvalue weighted by molar-refractivity contribution is -0.184. The van der Waals surface area contributed by atoms with Gasteiger partial charge in [-0.2, -0.15) is 13.2 Å². The summed E-state index contributed by atoms with van der Waals surface area (Å²) in [6.07, 6.45) is 2.52. The van der Waals surface area contributed by atoms with E-state index in [1.807, 2.05) is 12.1 Å². The molecule has 1 aromatic carbocycles. The highest BCUT2D eigenvalue weighted by Crippen LogP contribution is 2.23. The number of nitrogen functional groups attached to an aromatic ring is 1. The first-order chi connectivity index (χ1) is 18.0. The number of hydrogen-bond donors (Lipinski definition) is 1. The second-order valence-electron chi connectivity index (χ2n) is 9.81. The molecular formula is C27H35ClF3N5O2. The number of alkyl halides is 3. The first-order valence-electron chi connectivity index (χ1n) is 12.8. The first kappa shape index (κ1) is 29.7. The second-order valence-corrected chi connectivity index (χ2v) is 10.2. The molecule has 38 heavy (non-hydrogen) atoms. The van der Waals surface area contributed by atoms with Crippen LogP contribution in [-0.2, 0) is 22.7 Å². The van der Waals surface area contributed by atoms with E-state index in [4.69, 9.17) is 17.3 Å². The molecule has 2 aliphatic heterocycles. The van der Waals surface area contributed by atoms with Crippen LogP contribution in [-0.4, -0.2) is 70.9 Å². The molecule has 0 atom stereocenters. The van der Waals surface area contributed by atoms with E-state index < -0.39 is 12.1 Å². The van der Waals surface area contributed by atoms with Crippen molar-refractivity contribution in [1.82, 2.24) is 19.7 Å². The Balaban J connectivity index is 0.000000223. The van der Waals surface area contributed by atoms with Crippen molar-refractivity contribution in [2.24, 2.45) is 5.92 Å². The highest BCUT2D eigenvalue weighted by molar-refractivity contribution is 6.30. The Labute approximate surface area is 226 Å². The maximum Gasteiger partial charge on any atom is 0.471 e. The van der Waals surface area contributed by atoms with Crippen LogP contribution in [0.2, 0.25) is 5.02 Å². The fourth-order valence-electron chi connectivity index (χ4n) is 4.71. The molecule has 208 valence electrons. The van der Waals surface area contributed by atoms with Gasteiger partial charge >= 0.3 is 12.1 Å². The minimum absolute atomic E-state index is 0.102. The van der Waals surface area contributed by atoms with Crippen LogP contribution in [0.1, 0.15) is 43.2 Å². The lowest BCUT2D eigenvalue weighted by Crippen LogP contribution is -2.44. The van der Waals surface area contributed by atoms with Gasteiger partial charge in [0.15, 0.2) is 0 Å². The van der Waals surface area contributed by atoms with Crippen LogP contribution >= 0.6 is 11.6 Å². The van der Waals surface area contributed by atoms with Crippen molar-refractivity contribution >= 4 is 29.2 Å². The number of amides is 2. The van der Waals surface area contributed by atoms with Crippen molar-refractivity contribution in [1.29, 1.82) is 0 Å². The predicted molar refractivity (Wildman–Crippen MR) is 141 cm³/mol. The molecule has 0 unspecified atom stereocenters. The zero-order chi connectivity index (χ0) is 27.7. The number of rotatable bonds is 5. The topological polar surface area (TPSA) is 82.8 Å². The van der Waals surface area contributed by atoms with Crippen LogP contribution in [0.4, 0.5) is 19.0 Å². The lowest BCUT2D eigenvalue weighted by atomic mass is 9.94. The molecule has 11 heteroatoms. The van der Waals surface area contributed by atoms with Crippen molar-refractivity contribution in [3.05, 3.63) is 58.7 Å². The number of nitrogens with two attached hydrogens (primary N) is 1. The Kier molecular flexibility index (Phi) is 10.8. The Morgan fingerprint density at radius 3 is 2.24 bits per heavy atom. The molecule has 2 N–H and O–H groups in total. The number of pyridine rings is 1. The number of carbonyl (C=O) groups excluding carboxylic acids is 2. The van der Waals surface area contributed by atoms with E-state index in [2.05, 4.69) is 14.8 Å². The minimum Gasteiger partial charge on any atom is -0.384 e. The summed E-state index contributed by atoms with van der Waals surface area (Å²) in [6, 6.07) is 10.2. The van der Waals surface area contributed by atoms with Crippen LogP contribution in [0.15, 0.2) is 42.6 Å². The first-order valence-corrected chi connectivity index (χ1v) is 13.2. The summed E-state index contributed by atoms with van der Waals surface area (Å²) < 4.78 is 36.2. The highest BCUT2D eigenvalue weighted by atomic mass is 35.5. The zero-order valence-corrected chi connectivity index (χ0v) is 22.3. The van der Waals surface area contributed by atoms with E-state index in [1.54, 1.807) is 30.5 Å². The smallest absolute Gasteiger partial charge is 0.384 e. The number of anilines is 1. The molecule has 7 nitrogen and oxygen atoms in total. The highest BCUT2D eigenvalue weighted by Gasteiger charge is 2.41. The van der Waals surface area contributed by atoms with Crippen LogP contribution in [0.25, 0.3) is 0 Å². The number of nitrogens with zero attached hydrogens (tertiary/aromatic N) is 4. The maximum atomic E-state index is 12.5. The standard InChI is InChI=1S/C17H26N4O.C10H9ClF3NO/c18-16-12-14(4-7-19-16)13-20-10-5-15(6-11-20)17(22)21-8-2-1-3-9-21;1-15(9(16)10(12,13)14)6-7-2-4-8(11)5-3-7/h4,7,12,15H,1-3,5-6,8-11,13H2,(H2,18,19);2-5H,6H2,1H3. The summed E-state index contributed by atoms with van der Waals surface area (Å²) in [5, 5.41) is 0.494. The Hall–Kier alpha value is -2.85. The van der Waals surface area contributed by atoms with E-state index in [-0.39, 0.29) is 12.5 Å². The van der Waals surface area contributed by atoms with Gasteiger partial charge in [-0.1, -0.05) is 23.7 Å². The molecule has 0 radical (unpaired) electrons. The molecule has 2 amide bonds. The fourth-order valence-corrected chi connectivity index (χ4v) is 4.84. The van der Waals surface area contributed by atoms with E-state index in [1.165, 1.54) is 24.8 Å². The van der Waals surface area contributed by atoms with Gasteiger partial charge in [0.05, 0.1) is 0 Å². The van der Waals surface area contributed by atoms with Gasteiger partial charge in [0.1, 0.15) is 5.82 Å². The normalized spacial score (nSPS) is 16.9. The number of likely N-dealkylation sites (tertiary alicyclic amines) is 2. The molecule has 4 rings (SSSR count). The summed E-state index contributed by atoms with van der Waals surface area (Å²) in [5.41, 5.74) is 7.52. The third kappa shape index (κ3) is 9.16. The quantitative estimate of drug-likeness (QED) is 0.578. The third-order valence-electron chi connectivity index (χ3n) is 6.78. The predicted octanol–water partition coefficient (Wildman–Crippen LogP) is 4.75. The summed E-state index contributed by atoms with van der Waals surface area (Å²) in [4.78, 5) is 32.5. The van der Waals surface area contributed by atoms with Crippen molar-refractivity contribution in [2.75, 3.05) is 39.0 Å². The molecule has 1 aromatic heterocycles. The summed E-state index contributed by atoms with van der Waals surface area (Å²) in [7, 11) is 1.10. The van der Waals surface area contributed by atoms with E-state index in [0.717, 1.165) is 52.6 Å². The third-order valence-corrected chi connectivity index (χ3v) is 7.03. The summed E-state index contributed by atoms with van der Waals surface area (Å²) >= 11 is 5.62. The van der Waals surface area contributed by atoms with Crippen molar-refractivity contribution in [3.8, 4) is 0 Å². The van der Waals surface area contributed by atoms with E-state index >= 15 is 0 Å². The average Bonchev–Trinajstić information content (AvgIpc) is 2.90. The number of piperidine rings is 2. The van der Waals surface area contributed by atoms with Gasteiger partial charge in [0.2, 0.25) is 5.91 Å². The number of halogens is 4. The summed E-state index contributed by atoms with van der Waals surface area (Å²) in [6.45, 7) is 4.72. The van der Waals surface area contributed by atoms with Crippen LogP contribution in [0.3, 0.4) is 0 Å². The molecule has 3 heterocycles. The van der Waals surface area contributed by atoms with Crippen LogP contribution in [0.5, 0.6) is 0 Å². The fraction of sp³-hybridized carbons (Fsp3) is 0.519. The van der Waals surface area contributed by atoms with Gasteiger partial charge in [-0.3, -0.25) is 14.5 Å². The van der Waals surface area contributed by atoms with Gasteiger partial charge in [0.25, 0.3) is 0 Å². The largest absolute Gasteiger partial charge is 0.471 e. The lowest BCUT2D eigenvalue weighted by Gasteiger charge is -2.35. The van der Waals surface area contributed by atoms with Crippen molar-refractivity contribution in [2.45, 2.75) is 51.4 Å². The van der Waals surface area contributed by atoms with Gasteiger partial charge in [0, 0.05) is 50.4 Å². The molecule has 2 aliphatic rings. The SMILES string of the molecule is CN(Cc1ccc(Cl)cc1)C(=O)C(F)(F)F.Nc1cc(CN2CCC(C(=O)N3CCCCC3)CC2)ccn1. The molecule has 2 fully saturated rings. The van der Waals surface area contributed by atoms with Gasteiger partial charge in [-0.15, -0.1) is 0 Å². The zero-order valence-electron chi connectivity index (χ0n) is 21.6. The number of carbonyl (C=O) groups is 2. The van der Waals surface area contributed by atoms with Gasteiger partial charge in [-0.25, -0.2) is 4.98 Å². The van der Waals surface area contributed by atoms with Crippen LogP contribution < -0.4 is 5.73 Å². The molecule has 0 saturated carbocycles. The monoisotopic (exact) mass is 553 g/mol. The van der Waals surface area contributed by atoms with Crippen molar-refractivity contribution in [3.63, 3.8) is 0 Å². The Morgan fingerprint density at radius 1 is 1.03 bits per heavy atom. The molecule has 0 spiro atoms. The molecule has 0 bridgehead atoms. The van der Waals surface area contributed by atoms with E-state index in [0.29, 0.717) is 27.2 Å². The van der Waals surface area contributed by atoms with E-state index in [9.17, 15) is 22.8 Å². The number of hydrogen-bond acceptors (Lipinski definition) is 5. The molecular weight excluding hydrogens is 519 g/mol. The molecule has 2 saturated heterocycles. The molecule has 2 aromatic rings.